The second kappa shape index (κ2) is 7.59. The largest absolute Gasteiger partial charge is 0.324 e. The molecule has 2 aromatic rings. The molecule has 0 spiro atoms. The predicted molar refractivity (Wildman–Crippen MR) is 100 cm³/mol. The maximum atomic E-state index is 13.2. The van der Waals surface area contributed by atoms with Gasteiger partial charge < -0.3 is 5.32 Å². The van der Waals surface area contributed by atoms with Crippen molar-refractivity contribution in [3.8, 4) is 0 Å². The SMILES string of the molecule is CC(C)(NCC(=O)Nc1ccccc1I)c1ccc(F)cc1Cl. The van der Waals surface area contributed by atoms with Crippen molar-refractivity contribution in [3.63, 3.8) is 0 Å². The van der Waals surface area contributed by atoms with Crippen LogP contribution in [0, 0.1) is 9.39 Å². The van der Waals surface area contributed by atoms with Gasteiger partial charge in [0.15, 0.2) is 0 Å². The number of halogens is 3. The molecule has 0 bridgehead atoms. The molecule has 0 aliphatic carbocycles. The lowest BCUT2D eigenvalue weighted by molar-refractivity contribution is -0.115. The topological polar surface area (TPSA) is 41.1 Å². The fourth-order valence-corrected chi connectivity index (χ4v) is 3.08. The first-order chi connectivity index (χ1) is 10.8. The average Bonchev–Trinajstić information content (AvgIpc) is 2.47. The molecule has 23 heavy (non-hydrogen) atoms. The van der Waals surface area contributed by atoms with Gasteiger partial charge in [0.25, 0.3) is 0 Å². The lowest BCUT2D eigenvalue weighted by Gasteiger charge is -2.27. The molecule has 122 valence electrons. The van der Waals surface area contributed by atoms with Crippen LogP contribution in [0.1, 0.15) is 19.4 Å². The monoisotopic (exact) mass is 446 g/mol. The summed E-state index contributed by atoms with van der Waals surface area (Å²) in [5.41, 5.74) is 0.951. The zero-order valence-electron chi connectivity index (χ0n) is 12.8. The van der Waals surface area contributed by atoms with Gasteiger partial charge >= 0.3 is 0 Å². The van der Waals surface area contributed by atoms with E-state index in [1.807, 2.05) is 38.1 Å². The highest BCUT2D eigenvalue weighted by molar-refractivity contribution is 14.1. The highest BCUT2D eigenvalue weighted by Crippen LogP contribution is 2.28. The lowest BCUT2D eigenvalue weighted by atomic mass is 9.94. The van der Waals surface area contributed by atoms with Gasteiger partial charge in [-0.3, -0.25) is 10.1 Å². The van der Waals surface area contributed by atoms with Crippen molar-refractivity contribution >= 4 is 45.8 Å². The maximum absolute atomic E-state index is 13.2. The van der Waals surface area contributed by atoms with Crippen LogP contribution in [0.3, 0.4) is 0 Å². The van der Waals surface area contributed by atoms with Crippen LogP contribution >= 0.6 is 34.2 Å². The fourth-order valence-electron chi connectivity index (χ4n) is 2.15. The van der Waals surface area contributed by atoms with E-state index < -0.39 is 5.54 Å². The maximum Gasteiger partial charge on any atom is 0.238 e. The molecule has 2 N–H and O–H groups in total. The Bertz CT molecular complexity index is 721. The molecule has 6 heteroatoms. The van der Waals surface area contributed by atoms with Gasteiger partial charge in [-0.2, -0.15) is 0 Å². The summed E-state index contributed by atoms with van der Waals surface area (Å²) in [6.07, 6.45) is 0. The van der Waals surface area contributed by atoms with Gasteiger partial charge in [-0.15, -0.1) is 0 Å². The van der Waals surface area contributed by atoms with Crippen molar-refractivity contribution in [1.82, 2.24) is 5.32 Å². The number of amides is 1. The molecule has 2 aromatic carbocycles. The molecule has 2 rings (SSSR count). The van der Waals surface area contributed by atoms with E-state index in [1.165, 1.54) is 12.1 Å². The summed E-state index contributed by atoms with van der Waals surface area (Å²) in [5.74, 6) is -0.536. The normalized spacial score (nSPS) is 11.3. The molecule has 0 aliphatic heterocycles. The summed E-state index contributed by atoms with van der Waals surface area (Å²) in [7, 11) is 0. The third-order valence-electron chi connectivity index (χ3n) is 3.44. The first kappa shape index (κ1) is 18.2. The number of nitrogens with one attached hydrogen (secondary N) is 2. The van der Waals surface area contributed by atoms with Crippen LogP contribution in [0.5, 0.6) is 0 Å². The van der Waals surface area contributed by atoms with Crippen LogP contribution in [0.25, 0.3) is 0 Å². The van der Waals surface area contributed by atoms with Crippen LogP contribution in [0.15, 0.2) is 42.5 Å². The van der Waals surface area contributed by atoms with Crippen LogP contribution in [-0.2, 0) is 10.3 Å². The quantitative estimate of drug-likeness (QED) is 0.662. The molecule has 0 atom stereocenters. The predicted octanol–water partition coefficient (Wildman–Crippen LogP) is 4.55. The van der Waals surface area contributed by atoms with E-state index in [9.17, 15) is 9.18 Å². The second-order valence-electron chi connectivity index (χ2n) is 5.63. The fraction of sp³-hybridized carbons (Fsp3) is 0.235. The van der Waals surface area contributed by atoms with Gasteiger partial charge in [-0.05, 0) is 66.3 Å². The van der Waals surface area contributed by atoms with E-state index in [4.69, 9.17) is 11.6 Å². The summed E-state index contributed by atoms with van der Waals surface area (Å²) in [6, 6.07) is 11.8. The molecular weight excluding hydrogens is 430 g/mol. The smallest absolute Gasteiger partial charge is 0.238 e. The minimum atomic E-state index is -0.564. The van der Waals surface area contributed by atoms with Gasteiger partial charge in [0.05, 0.1) is 12.2 Å². The second-order valence-corrected chi connectivity index (χ2v) is 7.20. The van der Waals surface area contributed by atoms with E-state index in [-0.39, 0.29) is 18.3 Å². The Morgan fingerprint density at radius 3 is 2.61 bits per heavy atom. The van der Waals surface area contributed by atoms with E-state index in [1.54, 1.807) is 6.07 Å². The minimum Gasteiger partial charge on any atom is -0.324 e. The molecular formula is C17H17ClFIN2O. The molecule has 0 radical (unpaired) electrons. The van der Waals surface area contributed by atoms with Crippen LogP contribution in [0.4, 0.5) is 10.1 Å². The van der Waals surface area contributed by atoms with E-state index in [0.29, 0.717) is 5.02 Å². The van der Waals surface area contributed by atoms with Gasteiger partial charge in [0, 0.05) is 14.1 Å². The standard InChI is InChI=1S/C17H17ClFIN2O/c1-17(2,12-8-7-11(19)9-13(12)18)21-10-16(23)22-15-6-4-3-5-14(15)20/h3-9,21H,10H2,1-2H3,(H,22,23). The molecule has 0 aliphatic rings. The molecule has 0 fully saturated rings. The summed E-state index contributed by atoms with van der Waals surface area (Å²) < 4.78 is 14.1. The number of para-hydroxylation sites is 1. The van der Waals surface area contributed by atoms with Crippen LogP contribution in [-0.4, -0.2) is 12.5 Å². The molecule has 0 heterocycles. The molecule has 0 saturated heterocycles. The molecule has 1 amide bonds. The molecule has 0 saturated carbocycles. The Kier molecular flexibility index (Phi) is 6.00. The number of hydrogen-bond acceptors (Lipinski definition) is 2. The summed E-state index contributed by atoms with van der Waals surface area (Å²) in [5, 5.41) is 6.34. The van der Waals surface area contributed by atoms with E-state index in [0.717, 1.165) is 14.8 Å². The number of hydrogen-bond donors (Lipinski definition) is 2. The number of carbonyl (C=O) groups is 1. The Hall–Kier alpha value is -1.18. The summed E-state index contributed by atoms with van der Waals surface area (Å²) in [6.45, 7) is 3.91. The zero-order chi connectivity index (χ0) is 17.0. The third-order valence-corrected chi connectivity index (χ3v) is 4.70. The van der Waals surface area contributed by atoms with Gasteiger partial charge in [-0.1, -0.05) is 29.8 Å². The number of benzene rings is 2. The zero-order valence-corrected chi connectivity index (χ0v) is 15.7. The number of rotatable bonds is 5. The molecule has 3 nitrogen and oxygen atoms in total. The average molecular weight is 447 g/mol. The van der Waals surface area contributed by atoms with Gasteiger partial charge in [0.1, 0.15) is 5.82 Å². The van der Waals surface area contributed by atoms with Crippen molar-refractivity contribution in [2.45, 2.75) is 19.4 Å². The van der Waals surface area contributed by atoms with E-state index in [2.05, 4.69) is 33.2 Å². The number of anilines is 1. The van der Waals surface area contributed by atoms with Crippen molar-refractivity contribution < 1.29 is 9.18 Å². The van der Waals surface area contributed by atoms with Gasteiger partial charge in [-0.25, -0.2) is 4.39 Å². The Morgan fingerprint density at radius 2 is 1.96 bits per heavy atom. The summed E-state index contributed by atoms with van der Waals surface area (Å²) in [4.78, 5) is 12.1. The Labute approximate surface area is 153 Å². The lowest BCUT2D eigenvalue weighted by Crippen LogP contribution is -2.41. The molecule has 0 aromatic heterocycles. The molecule has 0 unspecified atom stereocenters. The van der Waals surface area contributed by atoms with E-state index >= 15 is 0 Å². The summed E-state index contributed by atoms with van der Waals surface area (Å²) >= 11 is 8.27. The van der Waals surface area contributed by atoms with Crippen molar-refractivity contribution in [3.05, 3.63) is 62.4 Å². The number of carbonyl (C=O) groups excluding carboxylic acids is 1. The van der Waals surface area contributed by atoms with Crippen molar-refractivity contribution in [2.75, 3.05) is 11.9 Å². The first-order valence-electron chi connectivity index (χ1n) is 7.04. The highest BCUT2D eigenvalue weighted by atomic mass is 127. The van der Waals surface area contributed by atoms with Crippen LogP contribution < -0.4 is 10.6 Å². The van der Waals surface area contributed by atoms with Crippen molar-refractivity contribution in [2.24, 2.45) is 0 Å². The Morgan fingerprint density at radius 1 is 1.26 bits per heavy atom. The highest BCUT2D eigenvalue weighted by Gasteiger charge is 2.23. The van der Waals surface area contributed by atoms with Crippen molar-refractivity contribution in [1.29, 1.82) is 0 Å². The third kappa shape index (κ3) is 4.89. The van der Waals surface area contributed by atoms with Crippen LogP contribution in [0.2, 0.25) is 5.02 Å². The first-order valence-corrected chi connectivity index (χ1v) is 8.50. The van der Waals surface area contributed by atoms with Gasteiger partial charge in [0.2, 0.25) is 5.91 Å². The Balaban J connectivity index is 2.01. The minimum absolute atomic E-state index is 0.117.